The fraction of sp³-hybridized carbons (Fsp3) is 0.800. The summed E-state index contributed by atoms with van der Waals surface area (Å²) < 4.78 is 2.16. The van der Waals surface area contributed by atoms with Crippen molar-refractivity contribution in [1.29, 1.82) is 0 Å². The molecule has 1 saturated heterocycles. The summed E-state index contributed by atoms with van der Waals surface area (Å²) in [4.78, 5) is 0. The molecule has 2 heterocycles. The van der Waals surface area contributed by atoms with E-state index < -0.39 is 0 Å². The maximum absolute atomic E-state index is 4.76. The average molecular weight is 249 g/mol. The van der Waals surface area contributed by atoms with Crippen molar-refractivity contribution in [2.45, 2.75) is 52.5 Å². The second kappa shape index (κ2) is 6.37. The van der Waals surface area contributed by atoms with Crippen LogP contribution >= 0.6 is 0 Å². The monoisotopic (exact) mass is 249 g/mol. The molecule has 0 spiro atoms. The standard InChI is InChI=1S/C15H27N3/c1-4-15(5-2)18-7-6-14(17-18)9-13-8-12(3)10-16-11-13/h6-7,12-13,15-16H,4-5,8-11H2,1-3H3. The van der Waals surface area contributed by atoms with Gasteiger partial charge in [0.05, 0.1) is 11.7 Å². The van der Waals surface area contributed by atoms with Gasteiger partial charge in [0.2, 0.25) is 0 Å². The molecule has 0 bridgehead atoms. The van der Waals surface area contributed by atoms with Gasteiger partial charge in [-0.2, -0.15) is 5.10 Å². The van der Waals surface area contributed by atoms with E-state index in [1.165, 1.54) is 31.5 Å². The van der Waals surface area contributed by atoms with Crippen LogP contribution in [0.3, 0.4) is 0 Å². The Kier molecular flexibility index (Phi) is 4.81. The molecule has 1 aliphatic rings. The third-order valence-corrected chi connectivity index (χ3v) is 4.14. The van der Waals surface area contributed by atoms with Gasteiger partial charge in [-0.15, -0.1) is 0 Å². The van der Waals surface area contributed by atoms with Crippen molar-refractivity contribution >= 4 is 0 Å². The molecule has 0 aliphatic carbocycles. The third kappa shape index (κ3) is 3.35. The van der Waals surface area contributed by atoms with Crippen LogP contribution in [0.2, 0.25) is 0 Å². The summed E-state index contributed by atoms with van der Waals surface area (Å²) >= 11 is 0. The smallest absolute Gasteiger partial charge is 0.0627 e. The normalized spacial score (nSPS) is 24.7. The molecule has 102 valence electrons. The Morgan fingerprint density at radius 2 is 2.17 bits per heavy atom. The number of nitrogens with one attached hydrogen (secondary N) is 1. The second-order valence-electron chi connectivity index (χ2n) is 5.83. The van der Waals surface area contributed by atoms with Gasteiger partial charge in [0.25, 0.3) is 0 Å². The highest BCUT2D eigenvalue weighted by atomic mass is 15.3. The fourth-order valence-electron chi connectivity index (χ4n) is 3.07. The van der Waals surface area contributed by atoms with Crippen molar-refractivity contribution in [3.05, 3.63) is 18.0 Å². The largest absolute Gasteiger partial charge is 0.316 e. The van der Waals surface area contributed by atoms with Crippen LogP contribution in [0.1, 0.15) is 51.8 Å². The Bertz CT molecular complexity index is 354. The number of rotatable bonds is 5. The van der Waals surface area contributed by atoms with Gasteiger partial charge in [-0.3, -0.25) is 4.68 Å². The Morgan fingerprint density at radius 1 is 1.39 bits per heavy atom. The summed E-state index contributed by atoms with van der Waals surface area (Å²) in [6, 6.07) is 2.78. The van der Waals surface area contributed by atoms with Crippen molar-refractivity contribution in [2.75, 3.05) is 13.1 Å². The van der Waals surface area contributed by atoms with Gasteiger partial charge in [-0.05, 0) is 56.7 Å². The maximum Gasteiger partial charge on any atom is 0.0627 e. The highest BCUT2D eigenvalue weighted by Crippen LogP contribution is 2.21. The van der Waals surface area contributed by atoms with Crippen molar-refractivity contribution in [2.24, 2.45) is 11.8 Å². The quantitative estimate of drug-likeness (QED) is 0.869. The van der Waals surface area contributed by atoms with Gasteiger partial charge in [0.15, 0.2) is 0 Å². The lowest BCUT2D eigenvalue weighted by atomic mass is 9.89. The van der Waals surface area contributed by atoms with E-state index in [0.717, 1.165) is 24.8 Å². The van der Waals surface area contributed by atoms with E-state index in [1.54, 1.807) is 0 Å². The molecular formula is C15H27N3. The van der Waals surface area contributed by atoms with E-state index in [9.17, 15) is 0 Å². The zero-order valence-corrected chi connectivity index (χ0v) is 12.0. The molecule has 0 amide bonds. The van der Waals surface area contributed by atoms with Gasteiger partial charge < -0.3 is 5.32 Å². The molecule has 1 aromatic rings. The molecule has 0 radical (unpaired) electrons. The minimum absolute atomic E-state index is 0.571. The van der Waals surface area contributed by atoms with Crippen molar-refractivity contribution < 1.29 is 0 Å². The topological polar surface area (TPSA) is 29.9 Å². The van der Waals surface area contributed by atoms with E-state index in [1.807, 2.05) is 0 Å². The Labute approximate surface area is 111 Å². The van der Waals surface area contributed by atoms with E-state index in [2.05, 4.69) is 43.0 Å². The molecule has 3 heteroatoms. The van der Waals surface area contributed by atoms with Crippen molar-refractivity contribution in [1.82, 2.24) is 15.1 Å². The molecule has 0 aromatic carbocycles. The third-order valence-electron chi connectivity index (χ3n) is 4.14. The number of hydrogen-bond acceptors (Lipinski definition) is 2. The molecule has 1 fully saturated rings. The Morgan fingerprint density at radius 3 is 2.83 bits per heavy atom. The number of aromatic nitrogens is 2. The summed E-state index contributed by atoms with van der Waals surface area (Å²) in [5.74, 6) is 1.57. The average Bonchev–Trinajstić information content (AvgIpc) is 2.79. The molecule has 3 nitrogen and oxygen atoms in total. The van der Waals surface area contributed by atoms with Crippen molar-refractivity contribution in [3.63, 3.8) is 0 Å². The van der Waals surface area contributed by atoms with Crippen LogP contribution in [0.25, 0.3) is 0 Å². The lowest BCUT2D eigenvalue weighted by Gasteiger charge is -2.27. The van der Waals surface area contributed by atoms with Crippen LogP contribution < -0.4 is 5.32 Å². The molecular weight excluding hydrogens is 222 g/mol. The molecule has 0 saturated carbocycles. The molecule has 1 aromatic heterocycles. The Hall–Kier alpha value is -0.830. The van der Waals surface area contributed by atoms with Gasteiger partial charge in [-0.1, -0.05) is 20.8 Å². The first-order valence-corrected chi connectivity index (χ1v) is 7.47. The first-order chi connectivity index (χ1) is 8.72. The van der Waals surface area contributed by atoms with E-state index >= 15 is 0 Å². The molecule has 2 unspecified atom stereocenters. The summed E-state index contributed by atoms with van der Waals surface area (Å²) in [7, 11) is 0. The predicted octanol–water partition coefficient (Wildman–Crippen LogP) is 3.03. The molecule has 18 heavy (non-hydrogen) atoms. The maximum atomic E-state index is 4.76. The van der Waals surface area contributed by atoms with E-state index in [4.69, 9.17) is 5.10 Å². The van der Waals surface area contributed by atoms with Crippen molar-refractivity contribution in [3.8, 4) is 0 Å². The van der Waals surface area contributed by atoms with Crippen LogP contribution in [0.4, 0.5) is 0 Å². The minimum atomic E-state index is 0.571. The Balaban J connectivity index is 1.93. The second-order valence-corrected chi connectivity index (χ2v) is 5.83. The van der Waals surface area contributed by atoms with E-state index in [0.29, 0.717) is 6.04 Å². The molecule has 1 N–H and O–H groups in total. The summed E-state index contributed by atoms with van der Waals surface area (Å²) in [6.45, 7) is 9.15. The summed E-state index contributed by atoms with van der Waals surface area (Å²) in [5, 5.41) is 8.28. The van der Waals surface area contributed by atoms with Crippen LogP contribution in [0, 0.1) is 11.8 Å². The summed E-state index contributed by atoms with van der Waals surface area (Å²) in [5.41, 5.74) is 1.27. The van der Waals surface area contributed by atoms with Crippen LogP contribution in [-0.2, 0) is 6.42 Å². The molecule has 2 atom stereocenters. The van der Waals surface area contributed by atoms with Crippen LogP contribution in [-0.4, -0.2) is 22.9 Å². The first-order valence-electron chi connectivity index (χ1n) is 7.47. The first kappa shape index (κ1) is 13.6. The van der Waals surface area contributed by atoms with Gasteiger partial charge in [0.1, 0.15) is 0 Å². The number of nitrogens with zero attached hydrogens (tertiary/aromatic N) is 2. The zero-order chi connectivity index (χ0) is 13.0. The number of hydrogen-bond donors (Lipinski definition) is 1. The molecule has 1 aliphatic heterocycles. The van der Waals surface area contributed by atoms with E-state index in [-0.39, 0.29) is 0 Å². The highest BCUT2D eigenvalue weighted by Gasteiger charge is 2.19. The SMILES string of the molecule is CCC(CC)n1ccc(CC2CNCC(C)C2)n1. The lowest BCUT2D eigenvalue weighted by molar-refractivity contribution is 0.298. The minimum Gasteiger partial charge on any atom is -0.316 e. The van der Waals surface area contributed by atoms with Crippen LogP contribution in [0.15, 0.2) is 12.3 Å². The van der Waals surface area contributed by atoms with Gasteiger partial charge in [-0.25, -0.2) is 0 Å². The zero-order valence-electron chi connectivity index (χ0n) is 12.0. The lowest BCUT2D eigenvalue weighted by Crippen LogP contribution is -2.36. The predicted molar refractivity (Wildman–Crippen MR) is 75.7 cm³/mol. The van der Waals surface area contributed by atoms with Gasteiger partial charge >= 0.3 is 0 Å². The van der Waals surface area contributed by atoms with Crippen LogP contribution in [0.5, 0.6) is 0 Å². The summed E-state index contributed by atoms with van der Waals surface area (Å²) in [6.07, 6.45) is 6.96. The fourth-order valence-corrected chi connectivity index (χ4v) is 3.07. The number of piperidine rings is 1. The van der Waals surface area contributed by atoms with Gasteiger partial charge in [0, 0.05) is 6.20 Å². The molecule has 2 rings (SSSR count). The highest BCUT2D eigenvalue weighted by molar-refractivity contribution is 5.02.